The van der Waals surface area contributed by atoms with E-state index < -0.39 is 0 Å². The topological polar surface area (TPSA) is 89.3 Å². The van der Waals surface area contributed by atoms with Crippen LogP contribution in [0.2, 0.25) is 0 Å². The van der Waals surface area contributed by atoms with Crippen molar-refractivity contribution in [1.82, 2.24) is 19.7 Å². The van der Waals surface area contributed by atoms with Crippen molar-refractivity contribution in [1.29, 1.82) is 0 Å². The van der Waals surface area contributed by atoms with Crippen molar-refractivity contribution < 1.29 is 14.3 Å². The predicted octanol–water partition coefficient (Wildman–Crippen LogP) is 4.46. The second-order valence-electron chi connectivity index (χ2n) is 7.89. The molecule has 4 rings (SSSR count). The SMILES string of the molecule is COc1cccc(NC(=O)CN(C)C(=O)c2cc(-c3cccs3)nc3c2cnn3C(C)C)c1. The summed E-state index contributed by atoms with van der Waals surface area (Å²) in [7, 11) is 3.17. The second kappa shape index (κ2) is 9.41. The molecule has 1 aromatic carbocycles. The lowest BCUT2D eigenvalue weighted by Crippen LogP contribution is -2.35. The fourth-order valence-corrected chi connectivity index (χ4v) is 4.20. The third-order valence-corrected chi connectivity index (χ3v) is 6.03. The second-order valence-corrected chi connectivity index (χ2v) is 8.84. The Balaban J connectivity index is 1.61. The Morgan fingerprint density at radius 1 is 1.21 bits per heavy atom. The summed E-state index contributed by atoms with van der Waals surface area (Å²) < 4.78 is 6.99. The van der Waals surface area contributed by atoms with Gasteiger partial charge in [-0.05, 0) is 43.5 Å². The summed E-state index contributed by atoms with van der Waals surface area (Å²) in [4.78, 5) is 33.1. The van der Waals surface area contributed by atoms with Crippen LogP contribution in [0.3, 0.4) is 0 Å². The third kappa shape index (κ3) is 4.73. The summed E-state index contributed by atoms with van der Waals surface area (Å²) in [6.07, 6.45) is 1.66. The first-order valence-electron chi connectivity index (χ1n) is 10.5. The number of amides is 2. The molecule has 2 amide bonds. The molecular formula is C24H25N5O3S. The van der Waals surface area contributed by atoms with Gasteiger partial charge < -0.3 is 15.0 Å². The highest BCUT2D eigenvalue weighted by Crippen LogP contribution is 2.29. The number of ether oxygens (including phenoxy) is 1. The van der Waals surface area contributed by atoms with Gasteiger partial charge in [-0.15, -0.1) is 11.3 Å². The lowest BCUT2D eigenvalue weighted by atomic mass is 10.1. The van der Waals surface area contributed by atoms with E-state index in [1.807, 2.05) is 31.4 Å². The molecule has 9 heteroatoms. The molecular weight excluding hydrogens is 438 g/mol. The van der Waals surface area contributed by atoms with Crippen molar-refractivity contribution in [3.05, 3.63) is 59.6 Å². The van der Waals surface area contributed by atoms with Gasteiger partial charge in [0.25, 0.3) is 5.91 Å². The van der Waals surface area contributed by atoms with Crippen LogP contribution in [0.4, 0.5) is 5.69 Å². The summed E-state index contributed by atoms with van der Waals surface area (Å²) in [5, 5.41) is 9.88. The van der Waals surface area contributed by atoms with E-state index in [4.69, 9.17) is 9.72 Å². The number of anilines is 1. The number of nitrogens with one attached hydrogen (secondary N) is 1. The molecule has 8 nitrogen and oxygen atoms in total. The van der Waals surface area contributed by atoms with E-state index in [1.54, 1.807) is 66.7 Å². The van der Waals surface area contributed by atoms with Crippen LogP contribution in [0, 0.1) is 0 Å². The van der Waals surface area contributed by atoms with Gasteiger partial charge in [0.15, 0.2) is 5.65 Å². The van der Waals surface area contributed by atoms with Crippen LogP contribution >= 0.6 is 11.3 Å². The molecule has 4 aromatic rings. The minimum Gasteiger partial charge on any atom is -0.497 e. The van der Waals surface area contributed by atoms with E-state index in [0.29, 0.717) is 33.7 Å². The molecule has 0 aliphatic heterocycles. The molecule has 33 heavy (non-hydrogen) atoms. The van der Waals surface area contributed by atoms with Crippen LogP contribution in [0.1, 0.15) is 30.2 Å². The third-order valence-electron chi connectivity index (χ3n) is 5.14. The number of nitrogens with zero attached hydrogens (tertiary/aromatic N) is 4. The standard InChI is InChI=1S/C24H25N5O3S/c1-15(2)29-23-19(13-25-29)18(12-20(27-23)21-9-6-10-33-21)24(31)28(3)14-22(30)26-16-7-5-8-17(11-16)32-4/h5-13,15H,14H2,1-4H3,(H,26,30). The number of pyridine rings is 1. The van der Waals surface area contributed by atoms with Crippen LogP contribution in [0.15, 0.2) is 54.0 Å². The number of benzene rings is 1. The van der Waals surface area contributed by atoms with Crippen LogP contribution in [-0.2, 0) is 4.79 Å². The maximum Gasteiger partial charge on any atom is 0.254 e. The first-order valence-corrected chi connectivity index (χ1v) is 11.4. The number of carbonyl (C=O) groups excluding carboxylic acids is 2. The van der Waals surface area contributed by atoms with Crippen LogP contribution in [-0.4, -0.2) is 52.2 Å². The highest BCUT2D eigenvalue weighted by molar-refractivity contribution is 7.13. The monoisotopic (exact) mass is 463 g/mol. The Kier molecular flexibility index (Phi) is 6.41. The predicted molar refractivity (Wildman–Crippen MR) is 130 cm³/mol. The molecule has 0 saturated carbocycles. The van der Waals surface area contributed by atoms with Gasteiger partial charge in [0, 0.05) is 24.8 Å². The van der Waals surface area contributed by atoms with Gasteiger partial charge in [-0.2, -0.15) is 5.10 Å². The van der Waals surface area contributed by atoms with Gasteiger partial charge in [0.1, 0.15) is 5.75 Å². The zero-order valence-corrected chi connectivity index (χ0v) is 19.7. The first-order chi connectivity index (χ1) is 15.9. The summed E-state index contributed by atoms with van der Waals surface area (Å²) in [6.45, 7) is 3.93. The Morgan fingerprint density at radius 2 is 2.03 bits per heavy atom. The average Bonchev–Trinajstić information content (AvgIpc) is 3.48. The van der Waals surface area contributed by atoms with Gasteiger partial charge in [-0.25, -0.2) is 9.67 Å². The largest absolute Gasteiger partial charge is 0.497 e. The van der Waals surface area contributed by atoms with Crippen molar-refractivity contribution >= 4 is 39.9 Å². The van der Waals surface area contributed by atoms with Crippen molar-refractivity contribution in [2.45, 2.75) is 19.9 Å². The Labute approximate surface area is 195 Å². The van der Waals surface area contributed by atoms with Gasteiger partial charge in [0.05, 0.1) is 41.4 Å². The molecule has 0 spiro atoms. The van der Waals surface area contributed by atoms with Crippen molar-refractivity contribution in [3.63, 3.8) is 0 Å². The zero-order valence-electron chi connectivity index (χ0n) is 18.9. The highest BCUT2D eigenvalue weighted by atomic mass is 32.1. The number of likely N-dealkylation sites (N-methyl/N-ethyl adjacent to an activating group) is 1. The van der Waals surface area contributed by atoms with E-state index in [2.05, 4.69) is 10.4 Å². The zero-order chi connectivity index (χ0) is 23.5. The van der Waals surface area contributed by atoms with E-state index in [0.717, 1.165) is 4.88 Å². The summed E-state index contributed by atoms with van der Waals surface area (Å²) >= 11 is 1.55. The van der Waals surface area contributed by atoms with Crippen molar-refractivity contribution in [2.24, 2.45) is 0 Å². The molecule has 170 valence electrons. The molecule has 0 aliphatic carbocycles. The fourth-order valence-electron chi connectivity index (χ4n) is 3.52. The minimum atomic E-state index is -0.305. The number of fused-ring (bicyclic) bond motifs is 1. The number of hydrogen-bond donors (Lipinski definition) is 1. The molecule has 0 fully saturated rings. The number of methoxy groups -OCH3 is 1. The smallest absolute Gasteiger partial charge is 0.254 e. The van der Waals surface area contributed by atoms with E-state index in [-0.39, 0.29) is 24.4 Å². The normalized spacial score (nSPS) is 11.1. The van der Waals surface area contributed by atoms with Crippen LogP contribution < -0.4 is 10.1 Å². The molecule has 1 N–H and O–H groups in total. The molecule has 0 radical (unpaired) electrons. The van der Waals surface area contributed by atoms with E-state index in [1.165, 1.54) is 4.90 Å². The van der Waals surface area contributed by atoms with E-state index >= 15 is 0 Å². The number of thiophene rings is 1. The molecule has 0 saturated heterocycles. The fraction of sp³-hybridized carbons (Fsp3) is 0.250. The van der Waals surface area contributed by atoms with Crippen LogP contribution in [0.5, 0.6) is 5.75 Å². The molecule has 3 aromatic heterocycles. The van der Waals surface area contributed by atoms with Crippen molar-refractivity contribution in [2.75, 3.05) is 26.0 Å². The molecule has 0 atom stereocenters. The average molecular weight is 464 g/mol. The number of rotatable bonds is 7. The first kappa shape index (κ1) is 22.5. The van der Waals surface area contributed by atoms with Crippen LogP contribution in [0.25, 0.3) is 21.6 Å². The lowest BCUT2D eigenvalue weighted by molar-refractivity contribution is -0.116. The molecule has 0 unspecified atom stereocenters. The minimum absolute atomic E-state index is 0.0860. The number of hydrogen-bond acceptors (Lipinski definition) is 6. The van der Waals surface area contributed by atoms with E-state index in [9.17, 15) is 9.59 Å². The van der Waals surface area contributed by atoms with Crippen molar-refractivity contribution in [3.8, 4) is 16.3 Å². The van der Waals surface area contributed by atoms with Gasteiger partial charge >= 0.3 is 0 Å². The highest BCUT2D eigenvalue weighted by Gasteiger charge is 2.22. The Morgan fingerprint density at radius 3 is 2.73 bits per heavy atom. The summed E-state index contributed by atoms with van der Waals surface area (Å²) in [5.41, 5.74) is 2.42. The van der Waals surface area contributed by atoms with Gasteiger partial charge in [0.2, 0.25) is 5.91 Å². The summed E-state index contributed by atoms with van der Waals surface area (Å²) in [6, 6.07) is 12.8. The maximum absolute atomic E-state index is 13.4. The van der Waals surface area contributed by atoms with Gasteiger partial charge in [-0.1, -0.05) is 12.1 Å². The maximum atomic E-state index is 13.4. The number of carbonyl (C=O) groups is 2. The Hall–Kier alpha value is -3.72. The number of aromatic nitrogens is 3. The lowest BCUT2D eigenvalue weighted by Gasteiger charge is -2.18. The Bertz CT molecular complexity index is 1300. The molecule has 0 aliphatic rings. The molecule has 3 heterocycles. The quantitative estimate of drug-likeness (QED) is 0.437. The molecule has 0 bridgehead atoms. The van der Waals surface area contributed by atoms with Gasteiger partial charge in [-0.3, -0.25) is 9.59 Å². The summed E-state index contributed by atoms with van der Waals surface area (Å²) in [5.74, 6) is 0.0599.